The molecule has 1 aromatic carbocycles. The van der Waals surface area contributed by atoms with Crippen molar-refractivity contribution in [3.8, 4) is 17.2 Å². The summed E-state index contributed by atoms with van der Waals surface area (Å²) in [7, 11) is 0. The van der Waals surface area contributed by atoms with Crippen LogP contribution in [0.4, 0.5) is 13.2 Å². The second kappa shape index (κ2) is 8.23. The Bertz CT molecular complexity index is 632. The summed E-state index contributed by atoms with van der Waals surface area (Å²) in [6.45, 7) is 2.27. The average molecular weight is 370 g/mol. The number of hydrogen-bond acceptors (Lipinski definition) is 3. The van der Waals surface area contributed by atoms with Crippen molar-refractivity contribution in [2.75, 3.05) is 13.2 Å². The van der Waals surface area contributed by atoms with E-state index in [1.165, 1.54) is 38.2 Å². The van der Waals surface area contributed by atoms with E-state index in [-0.39, 0.29) is 11.5 Å². The summed E-state index contributed by atoms with van der Waals surface area (Å²) in [6.07, 6.45) is 6.05. The summed E-state index contributed by atoms with van der Waals surface area (Å²) in [5, 5.41) is 0. The molecule has 0 atom stereocenters. The highest BCUT2D eigenvalue weighted by Crippen LogP contribution is 2.40. The Kier molecular flexibility index (Phi) is 5.99. The standard InChI is InChI=1S/C20H25F3O3/c1-14-17(24-12-3-6-16-7-8-16)9-10-18(19(14)26-20(21,22)23)25-13-11-15-4-2-5-15/h3,6,9-10,15-16H,2,4-5,7-8,11-13H2,1H3/b6-3+. The smallest absolute Gasteiger partial charge is 0.490 e. The van der Waals surface area contributed by atoms with E-state index in [9.17, 15) is 13.2 Å². The Morgan fingerprint density at radius 1 is 1.08 bits per heavy atom. The van der Waals surface area contributed by atoms with Crippen molar-refractivity contribution in [3.05, 3.63) is 29.8 Å². The molecule has 2 aliphatic rings. The molecule has 6 heteroatoms. The molecule has 0 heterocycles. The normalized spacial score (nSPS) is 18.0. The van der Waals surface area contributed by atoms with Gasteiger partial charge in [0.25, 0.3) is 0 Å². The minimum Gasteiger partial charge on any atom is -0.490 e. The first-order valence-electron chi connectivity index (χ1n) is 9.24. The van der Waals surface area contributed by atoms with Crippen molar-refractivity contribution in [2.24, 2.45) is 11.8 Å². The predicted octanol–water partition coefficient (Wildman–Crippen LogP) is 5.81. The summed E-state index contributed by atoms with van der Waals surface area (Å²) < 4.78 is 53.9. The Balaban J connectivity index is 1.66. The molecular formula is C20H25F3O3. The number of alkyl halides is 3. The van der Waals surface area contributed by atoms with Gasteiger partial charge in [-0.15, -0.1) is 13.2 Å². The lowest BCUT2D eigenvalue weighted by atomic mass is 9.83. The number of halogens is 3. The zero-order chi connectivity index (χ0) is 18.6. The quantitative estimate of drug-likeness (QED) is 0.514. The number of allylic oxidation sites excluding steroid dienone is 1. The first kappa shape index (κ1) is 18.9. The van der Waals surface area contributed by atoms with Gasteiger partial charge in [-0.3, -0.25) is 0 Å². The van der Waals surface area contributed by atoms with Crippen LogP contribution in [0.3, 0.4) is 0 Å². The van der Waals surface area contributed by atoms with Crippen LogP contribution in [0, 0.1) is 18.8 Å². The highest BCUT2D eigenvalue weighted by molar-refractivity contribution is 5.53. The molecule has 2 aliphatic carbocycles. The molecule has 0 amide bonds. The van der Waals surface area contributed by atoms with Crippen LogP contribution in [0.2, 0.25) is 0 Å². The monoisotopic (exact) mass is 370 g/mol. The maximum Gasteiger partial charge on any atom is 0.573 e. The van der Waals surface area contributed by atoms with E-state index in [1.807, 2.05) is 6.08 Å². The Hall–Kier alpha value is -1.85. The number of hydrogen-bond donors (Lipinski definition) is 0. The van der Waals surface area contributed by atoms with Gasteiger partial charge in [0.15, 0.2) is 11.5 Å². The van der Waals surface area contributed by atoms with E-state index in [4.69, 9.17) is 9.47 Å². The van der Waals surface area contributed by atoms with Crippen LogP contribution in [-0.2, 0) is 0 Å². The van der Waals surface area contributed by atoms with Gasteiger partial charge in [-0.05, 0) is 50.2 Å². The van der Waals surface area contributed by atoms with Crippen molar-refractivity contribution < 1.29 is 27.4 Å². The van der Waals surface area contributed by atoms with Crippen LogP contribution < -0.4 is 14.2 Å². The molecule has 2 saturated carbocycles. The first-order valence-corrected chi connectivity index (χ1v) is 9.24. The molecule has 0 aromatic heterocycles. The Morgan fingerprint density at radius 2 is 1.81 bits per heavy atom. The fourth-order valence-electron chi connectivity index (χ4n) is 2.95. The SMILES string of the molecule is Cc1c(OC/C=C/C2CC2)ccc(OCCC2CCC2)c1OC(F)(F)F. The number of ether oxygens (including phenoxy) is 3. The molecule has 3 nitrogen and oxygen atoms in total. The van der Waals surface area contributed by atoms with Crippen molar-refractivity contribution >= 4 is 0 Å². The number of rotatable bonds is 9. The highest BCUT2D eigenvalue weighted by atomic mass is 19.4. The zero-order valence-corrected chi connectivity index (χ0v) is 15.0. The third kappa shape index (κ3) is 5.58. The van der Waals surface area contributed by atoms with Crippen LogP contribution >= 0.6 is 0 Å². The Labute approximate surface area is 152 Å². The van der Waals surface area contributed by atoms with E-state index >= 15 is 0 Å². The molecule has 0 radical (unpaired) electrons. The summed E-state index contributed by atoms with van der Waals surface area (Å²) in [4.78, 5) is 0. The molecule has 26 heavy (non-hydrogen) atoms. The van der Waals surface area contributed by atoms with Crippen LogP contribution in [0.15, 0.2) is 24.3 Å². The minimum absolute atomic E-state index is 0.111. The summed E-state index contributed by atoms with van der Waals surface area (Å²) >= 11 is 0. The average Bonchev–Trinajstić information content (AvgIpc) is 3.34. The lowest BCUT2D eigenvalue weighted by Crippen LogP contribution is -2.19. The fraction of sp³-hybridized carbons (Fsp3) is 0.600. The highest BCUT2D eigenvalue weighted by Gasteiger charge is 2.34. The van der Waals surface area contributed by atoms with Crippen molar-refractivity contribution in [3.63, 3.8) is 0 Å². The molecule has 144 valence electrons. The molecule has 1 aromatic rings. The maximum atomic E-state index is 12.8. The van der Waals surface area contributed by atoms with Gasteiger partial charge < -0.3 is 14.2 Å². The van der Waals surface area contributed by atoms with Gasteiger partial charge in [0.2, 0.25) is 0 Å². The van der Waals surface area contributed by atoms with Gasteiger partial charge in [-0.25, -0.2) is 0 Å². The largest absolute Gasteiger partial charge is 0.573 e. The summed E-state index contributed by atoms with van der Waals surface area (Å²) in [6, 6.07) is 3.14. The molecule has 0 saturated heterocycles. The number of benzene rings is 1. The van der Waals surface area contributed by atoms with E-state index in [0.29, 0.717) is 36.4 Å². The molecule has 0 bridgehead atoms. The van der Waals surface area contributed by atoms with Gasteiger partial charge in [0.1, 0.15) is 12.4 Å². The van der Waals surface area contributed by atoms with E-state index < -0.39 is 6.36 Å². The first-order chi connectivity index (χ1) is 12.4. The third-order valence-electron chi connectivity index (χ3n) is 4.91. The lowest BCUT2D eigenvalue weighted by Gasteiger charge is -2.25. The molecule has 3 rings (SSSR count). The van der Waals surface area contributed by atoms with Crippen LogP contribution in [-0.4, -0.2) is 19.6 Å². The predicted molar refractivity (Wildman–Crippen MR) is 92.7 cm³/mol. The van der Waals surface area contributed by atoms with Gasteiger partial charge in [-0.2, -0.15) is 0 Å². The van der Waals surface area contributed by atoms with Crippen molar-refractivity contribution in [1.29, 1.82) is 0 Å². The fourth-order valence-corrected chi connectivity index (χ4v) is 2.95. The van der Waals surface area contributed by atoms with Crippen LogP contribution in [0.5, 0.6) is 17.2 Å². The summed E-state index contributed by atoms with van der Waals surface area (Å²) in [5.74, 6) is 1.44. The van der Waals surface area contributed by atoms with E-state index in [2.05, 4.69) is 10.8 Å². The molecule has 2 fully saturated rings. The third-order valence-corrected chi connectivity index (χ3v) is 4.91. The van der Waals surface area contributed by atoms with Crippen LogP contribution in [0.25, 0.3) is 0 Å². The van der Waals surface area contributed by atoms with Crippen molar-refractivity contribution in [1.82, 2.24) is 0 Å². The molecule has 0 unspecified atom stereocenters. The molecule has 0 N–H and O–H groups in total. The van der Waals surface area contributed by atoms with Gasteiger partial charge in [0.05, 0.1) is 6.61 Å². The topological polar surface area (TPSA) is 27.7 Å². The van der Waals surface area contributed by atoms with Gasteiger partial charge in [-0.1, -0.05) is 31.4 Å². The molecular weight excluding hydrogens is 345 g/mol. The zero-order valence-electron chi connectivity index (χ0n) is 15.0. The van der Waals surface area contributed by atoms with E-state index in [0.717, 1.165) is 6.42 Å². The molecule has 0 spiro atoms. The summed E-state index contributed by atoms with van der Waals surface area (Å²) in [5.41, 5.74) is 0.295. The van der Waals surface area contributed by atoms with Gasteiger partial charge >= 0.3 is 6.36 Å². The Morgan fingerprint density at radius 3 is 2.42 bits per heavy atom. The second-order valence-electron chi connectivity index (χ2n) is 7.07. The minimum atomic E-state index is -4.78. The van der Waals surface area contributed by atoms with Crippen LogP contribution in [0.1, 0.15) is 44.1 Å². The van der Waals surface area contributed by atoms with Gasteiger partial charge in [0, 0.05) is 5.56 Å². The van der Waals surface area contributed by atoms with E-state index in [1.54, 1.807) is 13.0 Å². The second-order valence-corrected chi connectivity index (χ2v) is 7.07. The maximum absolute atomic E-state index is 12.8. The van der Waals surface area contributed by atoms with Crippen molar-refractivity contribution in [2.45, 2.75) is 51.8 Å². The lowest BCUT2D eigenvalue weighted by molar-refractivity contribution is -0.275. The molecule has 0 aliphatic heterocycles.